The highest BCUT2D eigenvalue weighted by Gasteiger charge is 1.93. The van der Waals surface area contributed by atoms with E-state index in [2.05, 4.69) is 5.32 Å². The van der Waals surface area contributed by atoms with Crippen LogP contribution in [0.1, 0.15) is 12.5 Å². The maximum atomic E-state index is 10.1. The summed E-state index contributed by atoms with van der Waals surface area (Å²) in [5.74, 6) is 0.881. The number of hydrogen-bond acceptors (Lipinski definition) is 3. The van der Waals surface area contributed by atoms with Crippen molar-refractivity contribution in [2.45, 2.75) is 13.5 Å². The van der Waals surface area contributed by atoms with Crippen molar-refractivity contribution in [3.63, 3.8) is 0 Å². The number of ether oxygens (including phenoxy) is 1. The number of rotatable bonds is 6. The van der Waals surface area contributed by atoms with Gasteiger partial charge in [-0.25, -0.2) is 0 Å². The summed E-state index contributed by atoms with van der Waals surface area (Å²) in [6.45, 7) is 3.75. The lowest BCUT2D eigenvalue weighted by Crippen LogP contribution is -2.15. The molecule has 0 aliphatic heterocycles. The Morgan fingerprint density at radius 3 is 2.64 bits per heavy atom. The summed E-state index contributed by atoms with van der Waals surface area (Å²) in [5, 5.41) is 2.99. The maximum Gasteiger partial charge on any atom is 0.133 e. The van der Waals surface area contributed by atoms with Crippen molar-refractivity contribution in [2.24, 2.45) is 0 Å². The fourth-order valence-electron chi connectivity index (χ4n) is 1.15. The molecule has 0 bridgehead atoms. The summed E-state index contributed by atoms with van der Waals surface area (Å²) >= 11 is 0. The smallest absolute Gasteiger partial charge is 0.133 e. The van der Waals surface area contributed by atoms with E-state index in [4.69, 9.17) is 4.74 Å². The van der Waals surface area contributed by atoms with E-state index >= 15 is 0 Å². The summed E-state index contributed by atoms with van der Waals surface area (Å²) in [6, 6.07) is 7.84. The van der Waals surface area contributed by atoms with Crippen LogP contribution in [0.15, 0.2) is 24.3 Å². The molecule has 0 fully saturated rings. The molecule has 0 aromatic heterocycles. The standard InChI is InChI=1S/C11H15NO2/c1-2-14-11-5-3-10(4-6-11)9-12-7-8-13/h3-6,8,12H,2,7,9H2,1H3. The van der Waals surface area contributed by atoms with E-state index in [9.17, 15) is 4.79 Å². The van der Waals surface area contributed by atoms with Gasteiger partial charge in [0.15, 0.2) is 0 Å². The Hall–Kier alpha value is -1.35. The first-order valence-electron chi connectivity index (χ1n) is 4.73. The predicted octanol–water partition coefficient (Wildman–Crippen LogP) is 1.37. The average molecular weight is 193 g/mol. The zero-order valence-corrected chi connectivity index (χ0v) is 8.32. The molecule has 1 aromatic carbocycles. The van der Waals surface area contributed by atoms with E-state index in [1.807, 2.05) is 31.2 Å². The Labute approximate surface area is 84.1 Å². The first-order valence-corrected chi connectivity index (χ1v) is 4.73. The summed E-state index contributed by atoms with van der Waals surface area (Å²) in [5.41, 5.74) is 1.15. The Kier molecular flexibility index (Phi) is 4.72. The van der Waals surface area contributed by atoms with Crippen LogP contribution in [0.5, 0.6) is 5.75 Å². The van der Waals surface area contributed by atoms with Gasteiger partial charge in [0.25, 0.3) is 0 Å². The van der Waals surface area contributed by atoms with E-state index in [1.54, 1.807) is 0 Å². The minimum absolute atomic E-state index is 0.396. The predicted molar refractivity (Wildman–Crippen MR) is 55.4 cm³/mol. The zero-order chi connectivity index (χ0) is 10.2. The Morgan fingerprint density at radius 1 is 1.36 bits per heavy atom. The molecule has 0 saturated heterocycles. The van der Waals surface area contributed by atoms with Crippen LogP contribution in [0.2, 0.25) is 0 Å². The van der Waals surface area contributed by atoms with Crippen LogP contribution in [0.4, 0.5) is 0 Å². The van der Waals surface area contributed by atoms with Crippen molar-refractivity contribution in [3.8, 4) is 5.75 Å². The number of carbonyl (C=O) groups is 1. The van der Waals surface area contributed by atoms with Gasteiger partial charge < -0.3 is 14.8 Å². The van der Waals surface area contributed by atoms with Crippen LogP contribution in [-0.2, 0) is 11.3 Å². The molecule has 1 N–H and O–H groups in total. The first kappa shape index (κ1) is 10.7. The number of aldehydes is 1. The molecule has 0 radical (unpaired) electrons. The van der Waals surface area contributed by atoms with Crippen molar-refractivity contribution < 1.29 is 9.53 Å². The third kappa shape index (κ3) is 3.58. The topological polar surface area (TPSA) is 38.3 Å². The third-order valence-corrected chi connectivity index (χ3v) is 1.79. The van der Waals surface area contributed by atoms with Crippen LogP contribution in [0.3, 0.4) is 0 Å². The molecule has 14 heavy (non-hydrogen) atoms. The van der Waals surface area contributed by atoms with Gasteiger partial charge in [0.05, 0.1) is 13.2 Å². The Balaban J connectivity index is 2.42. The van der Waals surface area contributed by atoms with Crippen LogP contribution < -0.4 is 10.1 Å². The summed E-state index contributed by atoms with van der Waals surface area (Å²) < 4.78 is 5.31. The van der Waals surface area contributed by atoms with Gasteiger partial charge in [-0.3, -0.25) is 0 Å². The van der Waals surface area contributed by atoms with Crippen LogP contribution in [0, 0.1) is 0 Å². The molecule has 3 nitrogen and oxygen atoms in total. The number of nitrogens with one attached hydrogen (secondary N) is 1. The summed E-state index contributed by atoms with van der Waals surface area (Å²) in [7, 11) is 0. The minimum Gasteiger partial charge on any atom is -0.494 e. The number of benzene rings is 1. The van der Waals surface area contributed by atoms with Crippen molar-refractivity contribution in [3.05, 3.63) is 29.8 Å². The van der Waals surface area contributed by atoms with Crippen molar-refractivity contribution in [1.29, 1.82) is 0 Å². The minimum atomic E-state index is 0.396. The molecule has 0 aliphatic carbocycles. The molecule has 3 heteroatoms. The second-order valence-electron chi connectivity index (χ2n) is 2.87. The maximum absolute atomic E-state index is 10.1. The fraction of sp³-hybridized carbons (Fsp3) is 0.364. The molecule has 1 rings (SSSR count). The second-order valence-corrected chi connectivity index (χ2v) is 2.87. The quantitative estimate of drug-likeness (QED) is 0.548. The van der Waals surface area contributed by atoms with E-state index in [0.717, 1.165) is 17.6 Å². The molecule has 0 atom stereocenters. The van der Waals surface area contributed by atoms with Crippen LogP contribution in [-0.4, -0.2) is 19.4 Å². The highest BCUT2D eigenvalue weighted by Crippen LogP contribution is 2.11. The summed E-state index contributed by atoms with van der Waals surface area (Å²) in [4.78, 5) is 10.1. The zero-order valence-electron chi connectivity index (χ0n) is 8.32. The highest BCUT2D eigenvalue weighted by molar-refractivity contribution is 5.51. The fourth-order valence-corrected chi connectivity index (χ4v) is 1.15. The van der Waals surface area contributed by atoms with Crippen molar-refractivity contribution in [1.82, 2.24) is 5.32 Å². The van der Waals surface area contributed by atoms with E-state index in [-0.39, 0.29) is 0 Å². The number of hydrogen-bond donors (Lipinski definition) is 1. The summed E-state index contributed by atoms with van der Waals surface area (Å²) in [6.07, 6.45) is 0.856. The Bertz CT molecular complexity index is 269. The molecule has 76 valence electrons. The average Bonchev–Trinajstić information content (AvgIpc) is 2.21. The van der Waals surface area contributed by atoms with Gasteiger partial charge in [-0.2, -0.15) is 0 Å². The van der Waals surface area contributed by atoms with Crippen LogP contribution in [0.25, 0.3) is 0 Å². The molecular formula is C11H15NO2. The van der Waals surface area contributed by atoms with Gasteiger partial charge in [-0.15, -0.1) is 0 Å². The molecule has 0 amide bonds. The molecule has 0 aliphatic rings. The van der Waals surface area contributed by atoms with E-state index in [1.165, 1.54) is 0 Å². The van der Waals surface area contributed by atoms with Gasteiger partial charge in [0.1, 0.15) is 12.0 Å². The lowest BCUT2D eigenvalue weighted by molar-refractivity contribution is -0.107. The van der Waals surface area contributed by atoms with Crippen molar-refractivity contribution in [2.75, 3.05) is 13.2 Å². The first-order chi connectivity index (χ1) is 6.86. The highest BCUT2D eigenvalue weighted by atomic mass is 16.5. The molecular weight excluding hydrogens is 178 g/mol. The van der Waals surface area contributed by atoms with Crippen LogP contribution >= 0.6 is 0 Å². The third-order valence-electron chi connectivity index (χ3n) is 1.79. The monoisotopic (exact) mass is 193 g/mol. The van der Waals surface area contributed by atoms with Gasteiger partial charge >= 0.3 is 0 Å². The molecule has 0 heterocycles. The van der Waals surface area contributed by atoms with Gasteiger partial charge in [0, 0.05) is 6.54 Å². The van der Waals surface area contributed by atoms with Gasteiger partial charge in [-0.05, 0) is 24.6 Å². The van der Waals surface area contributed by atoms with Gasteiger partial charge in [0.2, 0.25) is 0 Å². The normalized spacial score (nSPS) is 9.79. The van der Waals surface area contributed by atoms with Crippen molar-refractivity contribution >= 4 is 6.29 Å². The molecule has 1 aromatic rings. The largest absolute Gasteiger partial charge is 0.494 e. The SMILES string of the molecule is CCOc1ccc(CNCC=O)cc1. The number of carbonyl (C=O) groups excluding carboxylic acids is 1. The Morgan fingerprint density at radius 2 is 2.07 bits per heavy atom. The molecule has 0 saturated carbocycles. The lowest BCUT2D eigenvalue weighted by atomic mass is 10.2. The molecule has 0 unspecified atom stereocenters. The van der Waals surface area contributed by atoms with Gasteiger partial charge in [-0.1, -0.05) is 12.1 Å². The lowest BCUT2D eigenvalue weighted by Gasteiger charge is -2.04. The van der Waals surface area contributed by atoms with E-state index in [0.29, 0.717) is 19.7 Å². The van der Waals surface area contributed by atoms with E-state index < -0.39 is 0 Å². The molecule has 0 spiro atoms. The second kappa shape index (κ2) is 6.16.